The Hall–Kier alpha value is -0.0800. The Morgan fingerprint density at radius 1 is 1.00 bits per heavy atom. The van der Waals surface area contributed by atoms with Gasteiger partial charge in [-0.15, -0.1) is 0 Å². The second-order valence-corrected chi connectivity index (χ2v) is 6.47. The summed E-state index contributed by atoms with van der Waals surface area (Å²) < 4.78 is 0. The van der Waals surface area contributed by atoms with Crippen molar-refractivity contribution < 1.29 is 5.11 Å². The van der Waals surface area contributed by atoms with Crippen molar-refractivity contribution >= 4 is 0 Å². The first-order valence-electron chi connectivity index (χ1n) is 7.01. The quantitative estimate of drug-likeness (QED) is 0.694. The van der Waals surface area contributed by atoms with Crippen molar-refractivity contribution in [3.8, 4) is 0 Å². The molecule has 0 spiro atoms. The first-order chi connectivity index (χ1) is 7.58. The van der Waals surface area contributed by atoms with Gasteiger partial charge in [0, 0.05) is 6.04 Å². The number of hydrogen-bond acceptors (Lipinski definition) is 2. The minimum atomic E-state index is -0.0660. The fraction of sp³-hybridized carbons (Fsp3) is 1.00. The van der Waals surface area contributed by atoms with E-state index < -0.39 is 0 Å². The molecule has 2 nitrogen and oxygen atoms in total. The van der Waals surface area contributed by atoms with E-state index >= 15 is 0 Å². The highest BCUT2D eigenvalue weighted by Gasteiger charge is 2.32. The fourth-order valence-corrected chi connectivity index (χ4v) is 3.16. The number of aliphatic hydroxyl groups excluding tert-OH is 1. The fourth-order valence-electron chi connectivity index (χ4n) is 3.16. The molecule has 2 heteroatoms. The maximum Gasteiger partial charge on any atom is 0.0695 e. The summed E-state index contributed by atoms with van der Waals surface area (Å²) in [6.07, 6.45) is 8.58. The van der Waals surface area contributed by atoms with Crippen molar-refractivity contribution in [2.24, 2.45) is 5.41 Å². The van der Waals surface area contributed by atoms with Crippen molar-refractivity contribution in [2.75, 3.05) is 13.1 Å². The molecule has 0 radical (unpaired) electrons. The van der Waals surface area contributed by atoms with E-state index in [0.29, 0.717) is 11.5 Å². The van der Waals surface area contributed by atoms with Gasteiger partial charge in [-0.25, -0.2) is 0 Å². The zero-order chi connectivity index (χ0) is 11.6. The molecule has 94 valence electrons. The predicted octanol–water partition coefficient (Wildman–Crippen LogP) is 2.80. The Bertz CT molecular complexity index is 217. The van der Waals surface area contributed by atoms with Gasteiger partial charge < -0.3 is 5.11 Å². The van der Waals surface area contributed by atoms with E-state index in [1.165, 1.54) is 51.6 Å². The van der Waals surface area contributed by atoms with Crippen LogP contribution in [0.25, 0.3) is 0 Å². The summed E-state index contributed by atoms with van der Waals surface area (Å²) in [5.41, 5.74) is 0.520. The highest BCUT2D eigenvalue weighted by Crippen LogP contribution is 2.33. The van der Waals surface area contributed by atoms with Crippen molar-refractivity contribution in [3.05, 3.63) is 0 Å². The average molecular weight is 225 g/mol. The first-order valence-corrected chi connectivity index (χ1v) is 7.01. The summed E-state index contributed by atoms with van der Waals surface area (Å²) in [5.74, 6) is 0. The van der Waals surface area contributed by atoms with Gasteiger partial charge in [0.25, 0.3) is 0 Å². The lowest BCUT2D eigenvalue weighted by Gasteiger charge is -2.42. The van der Waals surface area contributed by atoms with E-state index in [9.17, 15) is 5.11 Å². The number of rotatable bonds is 1. The van der Waals surface area contributed by atoms with Crippen LogP contribution in [0, 0.1) is 5.41 Å². The van der Waals surface area contributed by atoms with Crippen molar-refractivity contribution in [3.63, 3.8) is 0 Å². The molecule has 2 aliphatic rings. The van der Waals surface area contributed by atoms with E-state index in [4.69, 9.17) is 0 Å². The van der Waals surface area contributed by atoms with Gasteiger partial charge in [-0.3, -0.25) is 4.90 Å². The number of hydrogen-bond donors (Lipinski definition) is 1. The van der Waals surface area contributed by atoms with Gasteiger partial charge in [-0.2, -0.15) is 0 Å². The normalized spacial score (nSPS) is 36.9. The molecular weight excluding hydrogens is 198 g/mol. The van der Waals surface area contributed by atoms with Crippen molar-refractivity contribution in [1.82, 2.24) is 4.90 Å². The SMILES string of the molecule is CC1(C)CCN(C2CCCCCC2O)CC1. The minimum Gasteiger partial charge on any atom is -0.391 e. The molecule has 2 fully saturated rings. The third-order valence-electron chi connectivity index (χ3n) is 4.56. The number of nitrogens with zero attached hydrogens (tertiary/aromatic N) is 1. The molecule has 0 aromatic heterocycles. The Balaban J connectivity index is 1.91. The molecule has 2 unspecified atom stereocenters. The van der Waals surface area contributed by atoms with Crippen LogP contribution in [0.15, 0.2) is 0 Å². The van der Waals surface area contributed by atoms with Gasteiger partial charge in [0.05, 0.1) is 6.10 Å². The number of piperidine rings is 1. The van der Waals surface area contributed by atoms with Gasteiger partial charge in [0.15, 0.2) is 0 Å². The lowest BCUT2D eigenvalue weighted by atomic mass is 9.82. The molecule has 16 heavy (non-hydrogen) atoms. The molecule has 1 aliphatic carbocycles. The molecule has 1 heterocycles. The first kappa shape index (κ1) is 12.4. The van der Waals surface area contributed by atoms with Crippen molar-refractivity contribution in [1.29, 1.82) is 0 Å². The Morgan fingerprint density at radius 2 is 1.62 bits per heavy atom. The Labute approximate surface area is 100 Å². The van der Waals surface area contributed by atoms with Gasteiger partial charge >= 0.3 is 0 Å². The molecule has 1 saturated carbocycles. The van der Waals surface area contributed by atoms with E-state index in [2.05, 4.69) is 18.7 Å². The second-order valence-electron chi connectivity index (χ2n) is 6.47. The van der Waals surface area contributed by atoms with Gasteiger partial charge in [0.2, 0.25) is 0 Å². The van der Waals surface area contributed by atoms with Crippen LogP contribution < -0.4 is 0 Å². The molecule has 1 N–H and O–H groups in total. The zero-order valence-electron chi connectivity index (χ0n) is 10.9. The molecule has 2 rings (SSSR count). The summed E-state index contributed by atoms with van der Waals surface area (Å²) in [6.45, 7) is 7.12. The van der Waals surface area contributed by atoms with Crippen LogP contribution in [-0.4, -0.2) is 35.2 Å². The van der Waals surface area contributed by atoms with Gasteiger partial charge in [0.1, 0.15) is 0 Å². The second kappa shape index (κ2) is 5.05. The van der Waals surface area contributed by atoms with Crippen molar-refractivity contribution in [2.45, 2.75) is 70.9 Å². The predicted molar refractivity (Wildman–Crippen MR) is 67.5 cm³/mol. The standard InChI is InChI=1S/C14H27NO/c1-14(2)8-10-15(11-9-14)12-6-4-3-5-7-13(12)16/h12-13,16H,3-11H2,1-2H3. The summed E-state index contributed by atoms with van der Waals surface area (Å²) in [5, 5.41) is 10.2. The largest absolute Gasteiger partial charge is 0.391 e. The Morgan fingerprint density at radius 3 is 2.31 bits per heavy atom. The Kier molecular flexibility index (Phi) is 3.91. The molecule has 0 aromatic carbocycles. The molecule has 0 aromatic rings. The number of likely N-dealkylation sites (tertiary alicyclic amines) is 1. The van der Waals surface area contributed by atoms with E-state index in [0.717, 1.165) is 6.42 Å². The van der Waals surface area contributed by atoms with E-state index in [1.807, 2.05) is 0 Å². The van der Waals surface area contributed by atoms with E-state index in [-0.39, 0.29) is 6.10 Å². The minimum absolute atomic E-state index is 0.0660. The lowest BCUT2D eigenvalue weighted by molar-refractivity contribution is 0.0126. The molecular formula is C14H27NO. The highest BCUT2D eigenvalue weighted by atomic mass is 16.3. The monoisotopic (exact) mass is 225 g/mol. The lowest BCUT2D eigenvalue weighted by Crippen LogP contribution is -2.48. The maximum absolute atomic E-state index is 10.2. The summed E-state index contributed by atoms with van der Waals surface area (Å²) in [6, 6.07) is 0.457. The van der Waals surface area contributed by atoms with Crippen LogP contribution in [0.4, 0.5) is 0 Å². The van der Waals surface area contributed by atoms with E-state index in [1.54, 1.807) is 0 Å². The van der Waals surface area contributed by atoms with Gasteiger partial charge in [-0.1, -0.05) is 33.1 Å². The third kappa shape index (κ3) is 2.98. The summed E-state index contributed by atoms with van der Waals surface area (Å²) in [7, 11) is 0. The molecule has 2 atom stereocenters. The molecule has 0 amide bonds. The zero-order valence-corrected chi connectivity index (χ0v) is 10.9. The van der Waals surface area contributed by atoms with Crippen LogP contribution >= 0.6 is 0 Å². The third-order valence-corrected chi connectivity index (χ3v) is 4.56. The topological polar surface area (TPSA) is 23.5 Å². The van der Waals surface area contributed by atoms with Crippen LogP contribution in [-0.2, 0) is 0 Å². The average Bonchev–Trinajstić information content (AvgIpc) is 2.44. The smallest absolute Gasteiger partial charge is 0.0695 e. The van der Waals surface area contributed by atoms with Gasteiger partial charge in [-0.05, 0) is 44.2 Å². The number of aliphatic hydroxyl groups is 1. The van der Waals surface area contributed by atoms with Crippen LogP contribution in [0.2, 0.25) is 0 Å². The molecule has 1 saturated heterocycles. The maximum atomic E-state index is 10.2. The summed E-state index contributed by atoms with van der Waals surface area (Å²) in [4.78, 5) is 2.56. The molecule has 0 bridgehead atoms. The summed E-state index contributed by atoms with van der Waals surface area (Å²) >= 11 is 0. The van der Waals surface area contributed by atoms with Crippen LogP contribution in [0.1, 0.15) is 58.8 Å². The van der Waals surface area contributed by atoms with Crippen LogP contribution in [0.5, 0.6) is 0 Å². The van der Waals surface area contributed by atoms with Crippen LogP contribution in [0.3, 0.4) is 0 Å². The highest BCUT2D eigenvalue weighted by molar-refractivity contribution is 4.87. The molecule has 1 aliphatic heterocycles.